The van der Waals surface area contributed by atoms with Crippen LogP contribution in [-0.4, -0.2) is 35.5 Å². The van der Waals surface area contributed by atoms with Gasteiger partial charge in [0.15, 0.2) is 0 Å². The van der Waals surface area contributed by atoms with Gasteiger partial charge in [-0.15, -0.1) is 0 Å². The second-order valence-corrected chi connectivity index (χ2v) is 3.49. The molecule has 0 amide bonds. The molecule has 4 heteroatoms. The molecule has 0 aromatic heterocycles. The van der Waals surface area contributed by atoms with Gasteiger partial charge in [0.05, 0.1) is 17.8 Å². The van der Waals surface area contributed by atoms with Gasteiger partial charge in [-0.1, -0.05) is 0 Å². The van der Waals surface area contributed by atoms with Crippen molar-refractivity contribution in [1.29, 1.82) is 0 Å². The first kappa shape index (κ1) is 8.72. The number of aliphatic hydroxyl groups excluding tert-OH is 1. The van der Waals surface area contributed by atoms with Crippen LogP contribution in [0.1, 0.15) is 13.8 Å². The van der Waals surface area contributed by atoms with Crippen molar-refractivity contribution in [3.05, 3.63) is 11.6 Å². The molecule has 1 N–H and O–H groups in total. The van der Waals surface area contributed by atoms with Crippen LogP contribution in [0.3, 0.4) is 0 Å². The molecular formula is C9H12O4. The maximum Gasteiger partial charge on any atom is 0.337 e. The van der Waals surface area contributed by atoms with E-state index in [2.05, 4.69) is 0 Å². The first-order valence-corrected chi connectivity index (χ1v) is 4.36. The Labute approximate surface area is 76.1 Å². The standard InChI is InChI=1S/C9H12O4/c1-4(10)7-3-6(9(11)13-7)8-5(2)12-8/h3-5,7-8,10H,1-2H3/t4-,5+,7+,8-/m1/s1. The predicted octanol–water partition coefficient (Wildman–Crippen LogP) is 0.00630. The molecule has 2 heterocycles. The molecule has 0 radical (unpaired) electrons. The van der Waals surface area contributed by atoms with E-state index in [1.165, 1.54) is 0 Å². The lowest BCUT2D eigenvalue weighted by Gasteiger charge is -2.09. The second kappa shape index (κ2) is 2.82. The van der Waals surface area contributed by atoms with Crippen LogP contribution in [-0.2, 0) is 14.3 Å². The minimum atomic E-state index is -0.657. The van der Waals surface area contributed by atoms with E-state index in [0.29, 0.717) is 5.57 Å². The fourth-order valence-electron chi connectivity index (χ4n) is 1.43. The van der Waals surface area contributed by atoms with Gasteiger partial charge in [0.1, 0.15) is 12.2 Å². The van der Waals surface area contributed by atoms with E-state index < -0.39 is 12.2 Å². The number of carbonyl (C=O) groups is 1. The van der Waals surface area contributed by atoms with Gasteiger partial charge in [-0.3, -0.25) is 0 Å². The van der Waals surface area contributed by atoms with Gasteiger partial charge in [-0.2, -0.15) is 0 Å². The summed E-state index contributed by atoms with van der Waals surface area (Å²) in [5.74, 6) is -0.361. The highest BCUT2D eigenvalue weighted by molar-refractivity contribution is 5.92. The van der Waals surface area contributed by atoms with Crippen molar-refractivity contribution in [3.8, 4) is 0 Å². The molecule has 4 atom stereocenters. The first-order chi connectivity index (χ1) is 6.09. The normalized spacial score (nSPS) is 39.8. The Hall–Kier alpha value is -0.870. The quantitative estimate of drug-likeness (QED) is 0.485. The topological polar surface area (TPSA) is 59.1 Å². The molecule has 13 heavy (non-hydrogen) atoms. The molecule has 0 saturated carbocycles. The molecule has 0 aromatic rings. The number of cyclic esters (lactones) is 1. The van der Waals surface area contributed by atoms with Gasteiger partial charge in [0, 0.05) is 0 Å². The fourth-order valence-corrected chi connectivity index (χ4v) is 1.43. The lowest BCUT2D eigenvalue weighted by Crippen LogP contribution is -2.22. The van der Waals surface area contributed by atoms with Crippen molar-refractivity contribution in [2.24, 2.45) is 0 Å². The minimum absolute atomic E-state index is 0.103. The Morgan fingerprint density at radius 1 is 1.62 bits per heavy atom. The van der Waals surface area contributed by atoms with Crippen LogP contribution in [0, 0.1) is 0 Å². The highest BCUT2D eigenvalue weighted by atomic mass is 16.6. The van der Waals surface area contributed by atoms with Gasteiger partial charge < -0.3 is 14.6 Å². The molecule has 0 unspecified atom stereocenters. The van der Waals surface area contributed by atoms with Crippen molar-refractivity contribution in [2.75, 3.05) is 0 Å². The number of hydrogen-bond donors (Lipinski definition) is 1. The predicted molar refractivity (Wildman–Crippen MR) is 44.0 cm³/mol. The highest BCUT2D eigenvalue weighted by Gasteiger charge is 2.45. The van der Waals surface area contributed by atoms with Crippen molar-refractivity contribution in [1.82, 2.24) is 0 Å². The lowest BCUT2D eigenvalue weighted by atomic mass is 10.1. The van der Waals surface area contributed by atoms with Crippen molar-refractivity contribution in [2.45, 2.75) is 38.3 Å². The van der Waals surface area contributed by atoms with E-state index in [9.17, 15) is 9.90 Å². The molecule has 0 spiro atoms. The van der Waals surface area contributed by atoms with E-state index in [-0.39, 0.29) is 18.2 Å². The maximum atomic E-state index is 11.2. The number of esters is 1. The van der Waals surface area contributed by atoms with Gasteiger partial charge in [0.2, 0.25) is 0 Å². The summed E-state index contributed by atoms with van der Waals surface area (Å²) in [5, 5.41) is 9.19. The fraction of sp³-hybridized carbons (Fsp3) is 0.667. The number of aliphatic hydroxyl groups is 1. The van der Waals surface area contributed by atoms with Gasteiger partial charge in [-0.05, 0) is 19.9 Å². The second-order valence-electron chi connectivity index (χ2n) is 3.49. The van der Waals surface area contributed by atoms with Crippen LogP contribution in [0.4, 0.5) is 0 Å². The smallest absolute Gasteiger partial charge is 0.337 e. The summed E-state index contributed by atoms with van der Waals surface area (Å²) in [6.07, 6.45) is 0.485. The van der Waals surface area contributed by atoms with Crippen molar-refractivity contribution in [3.63, 3.8) is 0 Å². The third-order valence-corrected chi connectivity index (χ3v) is 2.32. The number of ether oxygens (including phenoxy) is 2. The Balaban J connectivity index is 2.10. The number of carbonyl (C=O) groups excluding carboxylic acids is 1. The van der Waals surface area contributed by atoms with Gasteiger partial charge in [-0.25, -0.2) is 4.79 Å². The molecule has 2 aliphatic rings. The molecular weight excluding hydrogens is 172 g/mol. The summed E-state index contributed by atoms with van der Waals surface area (Å²) < 4.78 is 10.1. The molecule has 2 rings (SSSR count). The van der Waals surface area contributed by atoms with Crippen molar-refractivity contribution < 1.29 is 19.4 Å². The van der Waals surface area contributed by atoms with Crippen LogP contribution in [0.15, 0.2) is 11.6 Å². The summed E-state index contributed by atoms with van der Waals surface area (Å²) >= 11 is 0. The molecule has 1 saturated heterocycles. The van der Waals surface area contributed by atoms with Crippen LogP contribution >= 0.6 is 0 Å². The zero-order valence-electron chi connectivity index (χ0n) is 7.56. The molecule has 0 bridgehead atoms. The average molecular weight is 184 g/mol. The zero-order chi connectivity index (χ0) is 9.59. The molecule has 0 aromatic carbocycles. The Kier molecular flexibility index (Phi) is 1.89. The molecule has 1 fully saturated rings. The van der Waals surface area contributed by atoms with E-state index in [1.807, 2.05) is 6.92 Å². The number of hydrogen-bond acceptors (Lipinski definition) is 4. The SMILES string of the molecule is C[C@@H]1O[C@H]1C1=C[C@@H]([C@@H](C)O)OC1=O. The van der Waals surface area contributed by atoms with Crippen LogP contribution in [0.25, 0.3) is 0 Å². The average Bonchev–Trinajstić information content (AvgIpc) is 2.60. The van der Waals surface area contributed by atoms with Crippen LogP contribution in [0.5, 0.6) is 0 Å². The van der Waals surface area contributed by atoms with E-state index in [0.717, 1.165) is 0 Å². The third kappa shape index (κ3) is 1.47. The van der Waals surface area contributed by atoms with E-state index in [1.54, 1.807) is 13.0 Å². The molecule has 4 nitrogen and oxygen atoms in total. The van der Waals surface area contributed by atoms with E-state index >= 15 is 0 Å². The molecule has 0 aliphatic carbocycles. The minimum Gasteiger partial charge on any atom is -0.452 e. The summed E-state index contributed by atoms with van der Waals surface area (Å²) in [7, 11) is 0. The zero-order valence-corrected chi connectivity index (χ0v) is 7.56. The number of rotatable bonds is 2. The molecule has 72 valence electrons. The summed E-state index contributed by atoms with van der Waals surface area (Å²) in [6.45, 7) is 3.49. The van der Waals surface area contributed by atoms with Crippen LogP contribution < -0.4 is 0 Å². The Morgan fingerprint density at radius 3 is 2.62 bits per heavy atom. The Bertz CT molecular complexity index is 269. The van der Waals surface area contributed by atoms with Crippen molar-refractivity contribution >= 4 is 5.97 Å². The van der Waals surface area contributed by atoms with Crippen LogP contribution in [0.2, 0.25) is 0 Å². The van der Waals surface area contributed by atoms with Gasteiger partial charge in [0.25, 0.3) is 0 Å². The van der Waals surface area contributed by atoms with Gasteiger partial charge >= 0.3 is 5.97 Å². The maximum absolute atomic E-state index is 11.2. The first-order valence-electron chi connectivity index (χ1n) is 4.36. The summed E-state index contributed by atoms with van der Waals surface area (Å²) in [6, 6.07) is 0. The summed E-state index contributed by atoms with van der Waals surface area (Å²) in [5.41, 5.74) is 0.554. The highest BCUT2D eigenvalue weighted by Crippen LogP contribution is 2.33. The lowest BCUT2D eigenvalue weighted by molar-refractivity contribution is -0.143. The van der Waals surface area contributed by atoms with E-state index in [4.69, 9.17) is 9.47 Å². The Morgan fingerprint density at radius 2 is 2.23 bits per heavy atom. The summed E-state index contributed by atoms with van der Waals surface area (Å²) in [4.78, 5) is 11.2. The third-order valence-electron chi connectivity index (χ3n) is 2.32. The monoisotopic (exact) mass is 184 g/mol. The number of epoxide rings is 1. The largest absolute Gasteiger partial charge is 0.452 e. The molecule has 2 aliphatic heterocycles.